The molecule has 84 valence electrons. The highest BCUT2D eigenvalue weighted by Crippen LogP contribution is 2.05. The minimum Gasteiger partial charge on any atom is -0.284 e. The molecule has 1 amide bonds. The minimum absolute atomic E-state index is 0.0655. The fourth-order valence-electron chi connectivity index (χ4n) is 0.845. The molecule has 4 nitrogen and oxygen atoms in total. The molecule has 0 saturated carbocycles. The average Bonchev–Trinajstić information content (AvgIpc) is 2.31. The van der Waals surface area contributed by atoms with Crippen LogP contribution in [0.4, 0.5) is 5.95 Å². The highest BCUT2D eigenvalue weighted by atomic mass is 16.2. The smallest absolute Gasteiger partial charge is 0.231 e. The second kappa shape index (κ2) is 6.92. The van der Waals surface area contributed by atoms with Crippen LogP contribution in [0.1, 0.15) is 33.3 Å². The molecule has 0 aliphatic rings. The van der Waals surface area contributed by atoms with Crippen LogP contribution in [0.25, 0.3) is 0 Å². The van der Waals surface area contributed by atoms with E-state index in [-0.39, 0.29) is 5.91 Å². The lowest BCUT2D eigenvalue weighted by atomic mass is 10.3. The monoisotopic (exact) mass is 209 g/mol. The van der Waals surface area contributed by atoms with E-state index in [2.05, 4.69) is 9.97 Å². The van der Waals surface area contributed by atoms with Crippen molar-refractivity contribution in [3.8, 4) is 0 Å². The maximum absolute atomic E-state index is 10.9. The quantitative estimate of drug-likeness (QED) is 0.749. The minimum atomic E-state index is -0.0655. The SMILES string of the molecule is CC.CCc1cnc(N(C)C(C)=O)nc1. The maximum atomic E-state index is 10.9. The Morgan fingerprint density at radius 3 is 2.13 bits per heavy atom. The highest BCUT2D eigenvalue weighted by molar-refractivity contribution is 5.88. The Labute approximate surface area is 91.4 Å². The molecule has 1 heterocycles. The van der Waals surface area contributed by atoms with Crippen molar-refractivity contribution < 1.29 is 4.79 Å². The van der Waals surface area contributed by atoms with E-state index in [0.717, 1.165) is 12.0 Å². The summed E-state index contributed by atoms with van der Waals surface area (Å²) in [5.41, 5.74) is 1.07. The third-order valence-electron chi connectivity index (χ3n) is 1.87. The third-order valence-corrected chi connectivity index (χ3v) is 1.87. The largest absolute Gasteiger partial charge is 0.284 e. The predicted octanol–water partition coefficient (Wildman–Crippen LogP) is 2.05. The topological polar surface area (TPSA) is 46.1 Å². The van der Waals surface area contributed by atoms with Crippen LogP contribution < -0.4 is 4.90 Å². The van der Waals surface area contributed by atoms with Gasteiger partial charge in [0.15, 0.2) is 0 Å². The van der Waals surface area contributed by atoms with Gasteiger partial charge < -0.3 is 0 Å². The summed E-state index contributed by atoms with van der Waals surface area (Å²) in [7, 11) is 1.66. The predicted molar refractivity (Wildman–Crippen MR) is 61.8 cm³/mol. The summed E-state index contributed by atoms with van der Waals surface area (Å²) < 4.78 is 0. The first kappa shape index (κ1) is 13.5. The van der Waals surface area contributed by atoms with Crippen LogP contribution in [-0.4, -0.2) is 22.9 Å². The van der Waals surface area contributed by atoms with Crippen molar-refractivity contribution in [1.82, 2.24) is 9.97 Å². The first-order chi connectivity index (χ1) is 7.15. The van der Waals surface area contributed by atoms with Crippen LogP contribution in [-0.2, 0) is 11.2 Å². The van der Waals surface area contributed by atoms with Gasteiger partial charge in [-0.25, -0.2) is 9.97 Å². The van der Waals surface area contributed by atoms with Gasteiger partial charge in [0.05, 0.1) is 0 Å². The molecule has 0 aliphatic heterocycles. The van der Waals surface area contributed by atoms with Crippen molar-refractivity contribution in [2.24, 2.45) is 0 Å². The van der Waals surface area contributed by atoms with Gasteiger partial charge in [-0.15, -0.1) is 0 Å². The Balaban J connectivity index is 0.000000921. The van der Waals surface area contributed by atoms with Gasteiger partial charge in [-0.1, -0.05) is 20.8 Å². The van der Waals surface area contributed by atoms with E-state index in [1.165, 1.54) is 11.8 Å². The van der Waals surface area contributed by atoms with Crippen LogP contribution in [0.15, 0.2) is 12.4 Å². The number of carbonyl (C=O) groups is 1. The van der Waals surface area contributed by atoms with Gasteiger partial charge in [-0.3, -0.25) is 9.69 Å². The zero-order chi connectivity index (χ0) is 11.8. The number of amides is 1. The van der Waals surface area contributed by atoms with Gasteiger partial charge in [0.2, 0.25) is 11.9 Å². The van der Waals surface area contributed by atoms with Crippen molar-refractivity contribution in [3.05, 3.63) is 18.0 Å². The zero-order valence-electron chi connectivity index (χ0n) is 10.1. The van der Waals surface area contributed by atoms with E-state index in [1.54, 1.807) is 19.4 Å². The molecule has 1 rings (SSSR count). The molecule has 1 aromatic rings. The highest BCUT2D eigenvalue weighted by Gasteiger charge is 2.07. The Kier molecular flexibility index (Phi) is 6.25. The molecule has 0 unspecified atom stereocenters. The molecular weight excluding hydrogens is 190 g/mol. The number of carbonyl (C=O) groups excluding carboxylic acids is 1. The molecule has 0 aromatic carbocycles. The molecule has 0 N–H and O–H groups in total. The van der Waals surface area contributed by atoms with Gasteiger partial charge in [-0.05, 0) is 12.0 Å². The molecule has 0 atom stereocenters. The van der Waals surface area contributed by atoms with Gasteiger partial charge >= 0.3 is 0 Å². The van der Waals surface area contributed by atoms with E-state index in [9.17, 15) is 4.79 Å². The Morgan fingerprint density at radius 1 is 1.33 bits per heavy atom. The van der Waals surface area contributed by atoms with Crippen LogP contribution in [0.3, 0.4) is 0 Å². The molecule has 1 aromatic heterocycles. The number of rotatable bonds is 2. The summed E-state index contributed by atoms with van der Waals surface area (Å²) in [5.74, 6) is 0.383. The summed E-state index contributed by atoms with van der Waals surface area (Å²) in [4.78, 5) is 20.5. The van der Waals surface area contributed by atoms with Gasteiger partial charge in [0.25, 0.3) is 0 Å². The Hall–Kier alpha value is -1.45. The van der Waals surface area contributed by atoms with E-state index in [0.29, 0.717) is 5.95 Å². The lowest BCUT2D eigenvalue weighted by Gasteiger charge is -2.11. The van der Waals surface area contributed by atoms with Gasteiger partial charge in [-0.2, -0.15) is 0 Å². The summed E-state index contributed by atoms with van der Waals surface area (Å²) >= 11 is 0. The summed E-state index contributed by atoms with van der Waals surface area (Å²) in [6, 6.07) is 0. The number of anilines is 1. The van der Waals surface area contributed by atoms with Crippen LogP contribution in [0.5, 0.6) is 0 Å². The molecular formula is C11H19N3O. The first-order valence-electron chi connectivity index (χ1n) is 5.20. The van der Waals surface area contributed by atoms with Crippen LogP contribution >= 0.6 is 0 Å². The molecule has 0 saturated heterocycles. The van der Waals surface area contributed by atoms with Crippen molar-refractivity contribution in [2.45, 2.75) is 34.1 Å². The molecule has 4 heteroatoms. The normalized spacial score (nSPS) is 8.87. The summed E-state index contributed by atoms with van der Waals surface area (Å²) in [6.45, 7) is 7.52. The lowest BCUT2D eigenvalue weighted by molar-refractivity contribution is -0.116. The average molecular weight is 209 g/mol. The van der Waals surface area contributed by atoms with E-state index >= 15 is 0 Å². The number of hydrogen-bond donors (Lipinski definition) is 0. The molecule has 0 radical (unpaired) electrons. The maximum Gasteiger partial charge on any atom is 0.231 e. The number of hydrogen-bond acceptors (Lipinski definition) is 3. The second-order valence-corrected chi connectivity index (χ2v) is 2.82. The second-order valence-electron chi connectivity index (χ2n) is 2.82. The molecule has 0 fully saturated rings. The number of aromatic nitrogens is 2. The molecule has 0 bridgehead atoms. The first-order valence-corrected chi connectivity index (χ1v) is 5.20. The zero-order valence-corrected chi connectivity index (χ0v) is 10.1. The van der Waals surface area contributed by atoms with Crippen molar-refractivity contribution in [2.75, 3.05) is 11.9 Å². The Morgan fingerprint density at radius 2 is 1.80 bits per heavy atom. The van der Waals surface area contributed by atoms with Crippen molar-refractivity contribution in [1.29, 1.82) is 0 Å². The number of nitrogens with zero attached hydrogens (tertiary/aromatic N) is 3. The summed E-state index contributed by atoms with van der Waals surface area (Å²) in [5, 5.41) is 0. The van der Waals surface area contributed by atoms with E-state index in [1.807, 2.05) is 20.8 Å². The van der Waals surface area contributed by atoms with E-state index in [4.69, 9.17) is 0 Å². The van der Waals surface area contributed by atoms with E-state index < -0.39 is 0 Å². The molecule has 15 heavy (non-hydrogen) atoms. The van der Waals surface area contributed by atoms with Crippen molar-refractivity contribution >= 4 is 11.9 Å². The summed E-state index contributed by atoms with van der Waals surface area (Å²) in [6.07, 6.45) is 4.38. The fourth-order valence-corrected chi connectivity index (χ4v) is 0.845. The third kappa shape index (κ3) is 4.06. The fraction of sp³-hybridized carbons (Fsp3) is 0.545. The molecule has 0 spiro atoms. The van der Waals surface area contributed by atoms with Crippen LogP contribution in [0, 0.1) is 0 Å². The van der Waals surface area contributed by atoms with Crippen molar-refractivity contribution in [3.63, 3.8) is 0 Å². The standard InChI is InChI=1S/C9H13N3O.C2H6/c1-4-8-5-10-9(11-6-8)12(3)7(2)13;1-2/h5-6H,4H2,1-3H3;1-2H3. The Bertz CT molecular complexity index is 295. The molecule has 0 aliphatic carbocycles. The van der Waals surface area contributed by atoms with Gasteiger partial charge in [0, 0.05) is 26.4 Å². The van der Waals surface area contributed by atoms with Gasteiger partial charge in [0.1, 0.15) is 0 Å². The lowest BCUT2D eigenvalue weighted by Crippen LogP contribution is -2.24. The van der Waals surface area contributed by atoms with Crippen LogP contribution in [0.2, 0.25) is 0 Å². The number of aryl methyl sites for hydroxylation is 1.